The van der Waals surface area contributed by atoms with E-state index in [9.17, 15) is 4.79 Å². The Hall–Kier alpha value is -1.39. The normalized spacial score (nSPS) is 14.1. The molecule has 0 saturated heterocycles. The number of benzene rings is 1. The van der Waals surface area contributed by atoms with Crippen LogP contribution in [0.2, 0.25) is 5.15 Å². The summed E-state index contributed by atoms with van der Waals surface area (Å²) in [7, 11) is 0. The van der Waals surface area contributed by atoms with E-state index >= 15 is 0 Å². The van der Waals surface area contributed by atoms with Gasteiger partial charge in [0.1, 0.15) is 5.15 Å². The quantitative estimate of drug-likeness (QED) is 0.843. The molecule has 0 saturated carbocycles. The van der Waals surface area contributed by atoms with Gasteiger partial charge in [0.2, 0.25) is 0 Å². The first kappa shape index (κ1) is 13.6. The average molecular weight is 352 g/mol. The molecule has 1 aromatic carbocycles. The number of hydrogen-bond donors (Lipinski definition) is 1. The Morgan fingerprint density at radius 2 is 1.95 bits per heavy atom. The summed E-state index contributed by atoms with van der Waals surface area (Å²) in [5.41, 5.74) is 3.00. The van der Waals surface area contributed by atoms with E-state index in [1.807, 2.05) is 12.1 Å². The first-order valence-corrected chi connectivity index (χ1v) is 7.49. The van der Waals surface area contributed by atoms with Crippen LogP contribution in [0.15, 0.2) is 41.0 Å². The molecule has 1 heterocycles. The zero-order valence-electron chi connectivity index (χ0n) is 10.6. The van der Waals surface area contributed by atoms with Gasteiger partial charge in [-0.05, 0) is 46.0 Å². The topological polar surface area (TPSA) is 42.0 Å². The van der Waals surface area contributed by atoms with Crippen molar-refractivity contribution in [2.75, 3.05) is 0 Å². The van der Waals surface area contributed by atoms with Gasteiger partial charge in [-0.3, -0.25) is 4.79 Å². The molecule has 1 aliphatic carbocycles. The number of nitrogens with one attached hydrogen (secondary N) is 1. The molecule has 20 heavy (non-hydrogen) atoms. The van der Waals surface area contributed by atoms with Gasteiger partial charge < -0.3 is 5.32 Å². The van der Waals surface area contributed by atoms with E-state index in [1.165, 1.54) is 11.1 Å². The molecule has 1 amide bonds. The van der Waals surface area contributed by atoms with Gasteiger partial charge in [0, 0.05) is 16.7 Å². The molecule has 3 nitrogen and oxygen atoms in total. The molecule has 0 aliphatic heterocycles. The fourth-order valence-electron chi connectivity index (χ4n) is 2.51. The van der Waals surface area contributed by atoms with Crippen LogP contribution in [0, 0.1) is 0 Å². The van der Waals surface area contributed by atoms with Gasteiger partial charge in [0.15, 0.2) is 0 Å². The highest BCUT2D eigenvalue weighted by Gasteiger charge is 2.23. The third-order valence-corrected chi connectivity index (χ3v) is 4.17. The number of carbonyl (C=O) groups is 1. The lowest BCUT2D eigenvalue weighted by atomic mass is 10.1. The summed E-state index contributed by atoms with van der Waals surface area (Å²) in [6, 6.07) is 10.1. The van der Waals surface area contributed by atoms with E-state index < -0.39 is 0 Å². The third kappa shape index (κ3) is 2.72. The second-order valence-corrected chi connectivity index (χ2v) is 6.11. The van der Waals surface area contributed by atoms with Crippen molar-refractivity contribution in [1.82, 2.24) is 10.3 Å². The molecule has 0 fully saturated rings. The first-order valence-electron chi connectivity index (χ1n) is 6.32. The van der Waals surface area contributed by atoms with Gasteiger partial charge in [-0.2, -0.15) is 0 Å². The first-order chi connectivity index (χ1) is 9.63. The lowest BCUT2D eigenvalue weighted by molar-refractivity contribution is 0.0938. The number of fused-ring (bicyclic) bond motifs is 1. The molecular weight excluding hydrogens is 340 g/mol. The van der Waals surface area contributed by atoms with Crippen molar-refractivity contribution in [3.63, 3.8) is 0 Å². The van der Waals surface area contributed by atoms with Crippen LogP contribution in [0.25, 0.3) is 0 Å². The SMILES string of the molecule is O=C(NC1Cc2ccccc2C1)c1cc(Br)cnc1Cl. The number of halogens is 2. The maximum absolute atomic E-state index is 12.3. The molecular formula is C15H12BrClN2O. The molecule has 1 N–H and O–H groups in total. The molecule has 5 heteroatoms. The van der Waals surface area contributed by atoms with Crippen molar-refractivity contribution in [3.05, 3.63) is 62.8 Å². The van der Waals surface area contributed by atoms with E-state index in [0.717, 1.165) is 17.3 Å². The highest BCUT2D eigenvalue weighted by molar-refractivity contribution is 9.10. The van der Waals surface area contributed by atoms with Gasteiger partial charge >= 0.3 is 0 Å². The van der Waals surface area contributed by atoms with Crippen molar-refractivity contribution < 1.29 is 4.79 Å². The van der Waals surface area contributed by atoms with Crippen molar-refractivity contribution in [3.8, 4) is 0 Å². The van der Waals surface area contributed by atoms with Crippen LogP contribution in [0.1, 0.15) is 21.5 Å². The van der Waals surface area contributed by atoms with Crippen LogP contribution in [-0.4, -0.2) is 16.9 Å². The zero-order valence-corrected chi connectivity index (χ0v) is 12.9. The second-order valence-electron chi connectivity index (χ2n) is 4.84. The van der Waals surface area contributed by atoms with Gasteiger partial charge in [-0.25, -0.2) is 4.98 Å². The Balaban J connectivity index is 1.74. The highest BCUT2D eigenvalue weighted by atomic mass is 79.9. The molecule has 102 valence electrons. The highest BCUT2D eigenvalue weighted by Crippen LogP contribution is 2.23. The summed E-state index contributed by atoms with van der Waals surface area (Å²) in [5.74, 6) is -0.179. The molecule has 0 spiro atoms. The van der Waals surface area contributed by atoms with Crippen LogP contribution in [0.5, 0.6) is 0 Å². The minimum atomic E-state index is -0.179. The van der Waals surface area contributed by atoms with Gasteiger partial charge in [0.05, 0.1) is 5.56 Å². The van der Waals surface area contributed by atoms with Gasteiger partial charge in [0.25, 0.3) is 5.91 Å². The fourth-order valence-corrected chi connectivity index (χ4v) is 3.03. The molecule has 2 aromatic rings. The number of carbonyl (C=O) groups excluding carboxylic acids is 1. The monoisotopic (exact) mass is 350 g/mol. The standard InChI is InChI=1S/C15H12BrClN2O/c16-11-7-13(14(17)18-8-11)15(20)19-12-5-9-3-1-2-4-10(9)6-12/h1-4,7-8,12H,5-6H2,(H,19,20). The van der Waals surface area contributed by atoms with Gasteiger partial charge in [-0.15, -0.1) is 0 Å². The predicted octanol–water partition coefficient (Wildman–Crippen LogP) is 3.39. The Morgan fingerprint density at radius 3 is 2.60 bits per heavy atom. The van der Waals surface area contributed by atoms with Gasteiger partial charge in [-0.1, -0.05) is 35.9 Å². The number of pyridine rings is 1. The molecule has 0 radical (unpaired) electrons. The Kier molecular flexibility index (Phi) is 3.76. The van der Waals surface area contributed by atoms with Crippen molar-refractivity contribution >= 4 is 33.4 Å². The maximum Gasteiger partial charge on any atom is 0.254 e. The predicted molar refractivity (Wildman–Crippen MR) is 82.1 cm³/mol. The summed E-state index contributed by atoms with van der Waals surface area (Å²) >= 11 is 9.27. The largest absolute Gasteiger partial charge is 0.349 e. The number of nitrogens with zero attached hydrogens (tertiary/aromatic N) is 1. The average Bonchev–Trinajstić information content (AvgIpc) is 2.83. The Morgan fingerprint density at radius 1 is 1.30 bits per heavy atom. The fraction of sp³-hybridized carbons (Fsp3) is 0.200. The van der Waals surface area contributed by atoms with E-state index in [1.54, 1.807) is 12.3 Å². The van der Waals surface area contributed by atoms with E-state index in [4.69, 9.17) is 11.6 Å². The third-order valence-electron chi connectivity index (χ3n) is 3.44. The Bertz CT molecular complexity index is 650. The van der Waals surface area contributed by atoms with E-state index in [0.29, 0.717) is 5.56 Å². The second kappa shape index (κ2) is 5.54. The van der Waals surface area contributed by atoms with Crippen LogP contribution in [0.3, 0.4) is 0 Å². The zero-order chi connectivity index (χ0) is 14.1. The van der Waals surface area contributed by atoms with E-state index in [-0.39, 0.29) is 17.1 Å². The van der Waals surface area contributed by atoms with Crippen molar-refractivity contribution in [2.24, 2.45) is 0 Å². The number of hydrogen-bond acceptors (Lipinski definition) is 2. The number of rotatable bonds is 2. The maximum atomic E-state index is 12.3. The van der Waals surface area contributed by atoms with Crippen LogP contribution < -0.4 is 5.32 Å². The smallest absolute Gasteiger partial charge is 0.254 e. The van der Waals surface area contributed by atoms with Crippen LogP contribution in [-0.2, 0) is 12.8 Å². The summed E-state index contributed by atoms with van der Waals surface area (Å²) in [6.07, 6.45) is 3.30. The molecule has 0 atom stereocenters. The molecule has 3 rings (SSSR count). The minimum Gasteiger partial charge on any atom is -0.349 e. The lowest BCUT2D eigenvalue weighted by Gasteiger charge is -2.12. The van der Waals surface area contributed by atoms with Crippen molar-refractivity contribution in [2.45, 2.75) is 18.9 Å². The summed E-state index contributed by atoms with van der Waals surface area (Å²) in [6.45, 7) is 0. The molecule has 0 unspecified atom stereocenters. The summed E-state index contributed by atoms with van der Waals surface area (Å²) < 4.78 is 0.738. The lowest BCUT2D eigenvalue weighted by Crippen LogP contribution is -2.35. The van der Waals surface area contributed by atoms with Crippen molar-refractivity contribution in [1.29, 1.82) is 0 Å². The Labute approximate surface area is 130 Å². The van der Waals surface area contributed by atoms with Crippen LogP contribution in [0.4, 0.5) is 0 Å². The summed E-state index contributed by atoms with van der Waals surface area (Å²) in [5, 5.41) is 3.25. The van der Waals surface area contributed by atoms with Crippen LogP contribution >= 0.6 is 27.5 Å². The summed E-state index contributed by atoms with van der Waals surface area (Å²) in [4.78, 5) is 16.2. The molecule has 0 bridgehead atoms. The number of amides is 1. The molecule has 1 aliphatic rings. The van der Waals surface area contributed by atoms with E-state index in [2.05, 4.69) is 38.4 Å². The number of aromatic nitrogens is 1. The minimum absolute atomic E-state index is 0.120. The molecule has 1 aromatic heterocycles.